The van der Waals surface area contributed by atoms with Crippen molar-refractivity contribution in [1.29, 1.82) is 0 Å². The van der Waals surface area contributed by atoms with Gasteiger partial charge in [-0.15, -0.1) is 0 Å². The van der Waals surface area contributed by atoms with Crippen LogP contribution in [0.1, 0.15) is 53.9 Å². The third-order valence-electron chi connectivity index (χ3n) is 2.64. The van der Waals surface area contributed by atoms with Crippen molar-refractivity contribution in [3.05, 3.63) is 0 Å². The molecular weight excluding hydrogens is 174 g/mol. The lowest BCUT2D eigenvalue weighted by Gasteiger charge is -2.32. The first-order chi connectivity index (χ1) is 6.49. The summed E-state index contributed by atoms with van der Waals surface area (Å²) in [5.41, 5.74) is 0. The quantitative estimate of drug-likeness (QED) is 0.684. The van der Waals surface area contributed by atoms with E-state index in [1.54, 1.807) is 0 Å². The number of rotatable bonds is 7. The predicted molar refractivity (Wildman–Crippen MR) is 62.5 cm³/mol. The van der Waals surface area contributed by atoms with Crippen molar-refractivity contribution < 1.29 is 5.11 Å². The standard InChI is InChI=1S/C12H27NO/c1-6-7-8-12(14)9-13(10(2)3)11(4)5/h10-12,14H,6-9H2,1-5H3. The number of aliphatic hydroxyl groups is 1. The zero-order chi connectivity index (χ0) is 11.1. The molecule has 0 fully saturated rings. The van der Waals surface area contributed by atoms with Crippen molar-refractivity contribution in [2.24, 2.45) is 0 Å². The van der Waals surface area contributed by atoms with Crippen LogP contribution in [0.5, 0.6) is 0 Å². The third-order valence-corrected chi connectivity index (χ3v) is 2.64. The summed E-state index contributed by atoms with van der Waals surface area (Å²) in [4.78, 5) is 2.35. The summed E-state index contributed by atoms with van der Waals surface area (Å²) in [6.45, 7) is 11.7. The summed E-state index contributed by atoms with van der Waals surface area (Å²) in [6.07, 6.45) is 3.08. The normalized spacial score (nSPS) is 14.4. The van der Waals surface area contributed by atoms with E-state index in [1.807, 2.05) is 0 Å². The lowest BCUT2D eigenvalue weighted by Crippen LogP contribution is -2.42. The molecule has 0 bridgehead atoms. The molecule has 0 radical (unpaired) electrons. The van der Waals surface area contributed by atoms with Gasteiger partial charge < -0.3 is 5.11 Å². The highest BCUT2D eigenvalue weighted by Gasteiger charge is 2.16. The monoisotopic (exact) mass is 201 g/mol. The van der Waals surface area contributed by atoms with Gasteiger partial charge in [0.25, 0.3) is 0 Å². The fourth-order valence-corrected chi connectivity index (χ4v) is 1.79. The molecule has 2 heteroatoms. The van der Waals surface area contributed by atoms with E-state index in [9.17, 15) is 5.11 Å². The highest BCUT2D eigenvalue weighted by atomic mass is 16.3. The van der Waals surface area contributed by atoms with Gasteiger partial charge in [-0.2, -0.15) is 0 Å². The van der Waals surface area contributed by atoms with E-state index >= 15 is 0 Å². The van der Waals surface area contributed by atoms with E-state index < -0.39 is 0 Å². The van der Waals surface area contributed by atoms with Crippen LogP contribution >= 0.6 is 0 Å². The van der Waals surface area contributed by atoms with Crippen LogP contribution in [0, 0.1) is 0 Å². The highest BCUT2D eigenvalue weighted by Crippen LogP contribution is 2.09. The van der Waals surface area contributed by atoms with Gasteiger partial charge in [-0.1, -0.05) is 19.8 Å². The van der Waals surface area contributed by atoms with Gasteiger partial charge in [0.1, 0.15) is 0 Å². The molecule has 0 aromatic heterocycles. The first kappa shape index (κ1) is 13.9. The molecule has 0 aromatic rings. The number of nitrogens with zero attached hydrogens (tertiary/aromatic N) is 1. The largest absolute Gasteiger partial charge is 0.392 e. The fraction of sp³-hybridized carbons (Fsp3) is 1.00. The molecule has 0 rings (SSSR count). The van der Waals surface area contributed by atoms with Gasteiger partial charge in [-0.25, -0.2) is 0 Å². The molecular formula is C12H27NO. The molecule has 1 unspecified atom stereocenters. The van der Waals surface area contributed by atoms with Crippen LogP contribution in [-0.4, -0.2) is 34.7 Å². The lowest BCUT2D eigenvalue weighted by atomic mass is 10.1. The number of hydrogen-bond acceptors (Lipinski definition) is 2. The zero-order valence-corrected chi connectivity index (χ0v) is 10.5. The molecule has 0 spiro atoms. The molecule has 0 saturated carbocycles. The minimum Gasteiger partial charge on any atom is -0.392 e. The summed E-state index contributed by atoms with van der Waals surface area (Å²) < 4.78 is 0. The fourth-order valence-electron chi connectivity index (χ4n) is 1.79. The molecule has 0 aliphatic carbocycles. The Bertz CT molecular complexity index is 126. The predicted octanol–water partition coefficient (Wildman–Crippen LogP) is 2.66. The van der Waals surface area contributed by atoms with E-state index in [0.29, 0.717) is 12.1 Å². The van der Waals surface area contributed by atoms with Crippen LogP contribution < -0.4 is 0 Å². The second-order valence-corrected chi connectivity index (χ2v) is 4.68. The minimum atomic E-state index is -0.153. The zero-order valence-electron chi connectivity index (χ0n) is 10.5. The Morgan fingerprint density at radius 3 is 1.93 bits per heavy atom. The Morgan fingerprint density at radius 2 is 1.57 bits per heavy atom. The highest BCUT2D eigenvalue weighted by molar-refractivity contribution is 4.71. The Morgan fingerprint density at radius 1 is 1.07 bits per heavy atom. The summed E-state index contributed by atoms with van der Waals surface area (Å²) >= 11 is 0. The lowest BCUT2D eigenvalue weighted by molar-refractivity contribution is 0.0694. The number of aliphatic hydroxyl groups excluding tert-OH is 1. The van der Waals surface area contributed by atoms with Crippen LogP contribution in [0.2, 0.25) is 0 Å². The molecule has 0 heterocycles. The average molecular weight is 201 g/mol. The Labute approximate surface area is 89.3 Å². The first-order valence-electron chi connectivity index (χ1n) is 5.92. The van der Waals surface area contributed by atoms with Crippen LogP contribution in [0.15, 0.2) is 0 Å². The van der Waals surface area contributed by atoms with Crippen molar-refractivity contribution >= 4 is 0 Å². The maximum absolute atomic E-state index is 9.81. The van der Waals surface area contributed by atoms with Crippen LogP contribution in [0.25, 0.3) is 0 Å². The molecule has 1 atom stereocenters. The van der Waals surface area contributed by atoms with Gasteiger partial charge >= 0.3 is 0 Å². The van der Waals surface area contributed by atoms with Gasteiger partial charge in [-0.05, 0) is 34.1 Å². The second-order valence-electron chi connectivity index (χ2n) is 4.68. The second kappa shape index (κ2) is 7.24. The summed E-state index contributed by atoms with van der Waals surface area (Å²) in [5.74, 6) is 0. The summed E-state index contributed by atoms with van der Waals surface area (Å²) in [5, 5.41) is 9.81. The van der Waals surface area contributed by atoms with Crippen molar-refractivity contribution in [3.63, 3.8) is 0 Å². The Hall–Kier alpha value is -0.0800. The van der Waals surface area contributed by atoms with Crippen LogP contribution in [0.4, 0.5) is 0 Å². The van der Waals surface area contributed by atoms with Crippen molar-refractivity contribution in [3.8, 4) is 0 Å². The molecule has 14 heavy (non-hydrogen) atoms. The maximum atomic E-state index is 9.81. The van der Waals surface area contributed by atoms with E-state index in [4.69, 9.17) is 0 Å². The van der Waals surface area contributed by atoms with E-state index in [1.165, 1.54) is 6.42 Å². The molecule has 0 amide bonds. The number of hydrogen-bond donors (Lipinski definition) is 1. The SMILES string of the molecule is CCCCC(O)CN(C(C)C)C(C)C. The van der Waals surface area contributed by atoms with Crippen LogP contribution in [0.3, 0.4) is 0 Å². The average Bonchev–Trinajstić information content (AvgIpc) is 2.09. The van der Waals surface area contributed by atoms with Crippen molar-refractivity contribution in [1.82, 2.24) is 4.90 Å². The smallest absolute Gasteiger partial charge is 0.0667 e. The van der Waals surface area contributed by atoms with Gasteiger partial charge in [0.15, 0.2) is 0 Å². The van der Waals surface area contributed by atoms with Gasteiger partial charge in [0.05, 0.1) is 6.10 Å². The molecule has 0 aromatic carbocycles. The number of unbranched alkanes of at least 4 members (excludes halogenated alkanes) is 1. The van der Waals surface area contributed by atoms with Crippen molar-refractivity contribution in [2.75, 3.05) is 6.54 Å². The van der Waals surface area contributed by atoms with E-state index in [-0.39, 0.29) is 6.10 Å². The molecule has 0 aliphatic rings. The molecule has 1 N–H and O–H groups in total. The van der Waals surface area contributed by atoms with Gasteiger partial charge in [0, 0.05) is 18.6 Å². The third kappa shape index (κ3) is 5.61. The van der Waals surface area contributed by atoms with Crippen molar-refractivity contribution in [2.45, 2.75) is 72.1 Å². The minimum absolute atomic E-state index is 0.153. The molecule has 0 saturated heterocycles. The maximum Gasteiger partial charge on any atom is 0.0667 e. The van der Waals surface area contributed by atoms with E-state index in [0.717, 1.165) is 19.4 Å². The summed E-state index contributed by atoms with van der Waals surface area (Å²) in [6, 6.07) is 1.04. The first-order valence-corrected chi connectivity index (χ1v) is 5.92. The summed E-state index contributed by atoms with van der Waals surface area (Å²) in [7, 11) is 0. The molecule has 0 aliphatic heterocycles. The molecule has 2 nitrogen and oxygen atoms in total. The van der Waals surface area contributed by atoms with E-state index in [2.05, 4.69) is 39.5 Å². The van der Waals surface area contributed by atoms with Gasteiger partial charge in [-0.3, -0.25) is 4.90 Å². The van der Waals surface area contributed by atoms with Crippen LogP contribution in [-0.2, 0) is 0 Å². The Balaban J connectivity index is 3.90. The van der Waals surface area contributed by atoms with Gasteiger partial charge in [0.2, 0.25) is 0 Å². The molecule has 86 valence electrons. The topological polar surface area (TPSA) is 23.5 Å². The Kier molecular flexibility index (Phi) is 7.20.